The number of benzene rings is 2. The molecule has 2 aromatic carbocycles. The molecule has 3 aromatic rings. The molecule has 1 fully saturated rings. The summed E-state index contributed by atoms with van der Waals surface area (Å²) in [5.41, 5.74) is 3.59. The Morgan fingerprint density at radius 3 is 2.52 bits per heavy atom. The first-order valence-corrected chi connectivity index (χ1v) is 9.55. The number of pyridine rings is 1. The van der Waals surface area contributed by atoms with Gasteiger partial charge < -0.3 is 4.90 Å². The Hall–Kier alpha value is -2.93. The molecule has 3 nitrogen and oxygen atoms in total. The zero-order valence-corrected chi connectivity index (χ0v) is 15.2. The second-order valence-corrected chi connectivity index (χ2v) is 7.22. The zero-order valence-electron chi connectivity index (χ0n) is 15.2. The molecule has 1 aromatic heterocycles. The van der Waals surface area contributed by atoms with E-state index in [1.165, 1.54) is 44.2 Å². The summed E-state index contributed by atoms with van der Waals surface area (Å²) >= 11 is 0. The number of rotatable bonds is 4. The highest BCUT2D eigenvalue weighted by molar-refractivity contribution is 5.78. The van der Waals surface area contributed by atoms with Crippen LogP contribution in [0.2, 0.25) is 0 Å². The van der Waals surface area contributed by atoms with Crippen LogP contribution in [-0.2, 0) is 6.54 Å². The summed E-state index contributed by atoms with van der Waals surface area (Å²) in [6.45, 7) is 0.712. The molecular weight excluding hydrogens is 337 g/mol. The summed E-state index contributed by atoms with van der Waals surface area (Å²) in [7, 11) is 0. The summed E-state index contributed by atoms with van der Waals surface area (Å²) in [5, 5.41) is 9.89. The van der Waals surface area contributed by atoms with Crippen LogP contribution in [-0.4, -0.2) is 11.0 Å². The van der Waals surface area contributed by atoms with Crippen molar-refractivity contribution >= 4 is 16.6 Å². The van der Waals surface area contributed by atoms with Gasteiger partial charge in [-0.1, -0.05) is 25.3 Å². The lowest BCUT2D eigenvalue weighted by Crippen LogP contribution is -2.36. The van der Waals surface area contributed by atoms with Crippen molar-refractivity contribution in [3.05, 3.63) is 71.7 Å². The van der Waals surface area contributed by atoms with E-state index in [-0.39, 0.29) is 5.82 Å². The fraction of sp³-hybridized carbons (Fsp3) is 0.304. The summed E-state index contributed by atoms with van der Waals surface area (Å²) in [6.07, 6.45) is 6.17. The number of halogens is 1. The van der Waals surface area contributed by atoms with E-state index in [1.54, 1.807) is 6.07 Å². The third-order valence-corrected chi connectivity index (χ3v) is 5.38. The molecule has 1 aliphatic carbocycles. The van der Waals surface area contributed by atoms with Crippen LogP contribution >= 0.6 is 0 Å². The van der Waals surface area contributed by atoms with Gasteiger partial charge in [-0.15, -0.1) is 0 Å². The number of fused-ring (bicyclic) bond motifs is 1. The SMILES string of the molecule is N#Cc1ccc(N(Cc2ccc3cc(F)ccc3n2)C2CCCCC2)cc1. The Morgan fingerprint density at radius 1 is 1.00 bits per heavy atom. The minimum Gasteiger partial charge on any atom is -0.363 e. The van der Waals surface area contributed by atoms with E-state index in [0.29, 0.717) is 18.2 Å². The second kappa shape index (κ2) is 7.75. The lowest BCUT2D eigenvalue weighted by Gasteiger charge is -2.36. The normalized spacial score (nSPS) is 14.8. The van der Waals surface area contributed by atoms with Gasteiger partial charge >= 0.3 is 0 Å². The summed E-state index contributed by atoms with van der Waals surface area (Å²) in [4.78, 5) is 7.16. The Labute approximate surface area is 159 Å². The van der Waals surface area contributed by atoms with E-state index in [4.69, 9.17) is 10.2 Å². The van der Waals surface area contributed by atoms with Crippen LogP contribution in [0, 0.1) is 17.1 Å². The number of hydrogen-bond acceptors (Lipinski definition) is 3. The first-order valence-electron chi connectivity index (χ1n) is 9.55. The van der Waals surface area contributed by atoms with Crippen LogP contribution in [0.1, 0.15) is 43.4 Å². The van der Waals surface area contributed by atoms with Gasteiger partial charge in [0, 0.05) is 17.1 Å². The Balaban J connectivity index is 1.65. The minimum absolute atomic E-state index is 0.238. The van der Waals surface area contributed by atoms with Crippen molar-refractivity contribution in [1.29, 1.82) is 5.26 Å². The van der Waals surface area contributed by atoms with Crippen molar-refractivity contribution in [2.75, 3.05) is 4.90 Å². The quantitative estimate of drug-likeness (QED) is 0.610. The molecule has 0 radical (unpaired) electrons. The molecule has 0 atom stereocenters. The molecule has 0 unspecified atom stereocenters. The maximum Gasteiger partial charge on any atom is 0.123 e. The molecule has 0 spiro atoms. The van der Waals surface area contributed by atoms with Crippen LogP contribution in [0.3, 0.4) is 0 Å². The summed E-state index contributed by atoms with van der Waals surface area (Å²) in [5.74, 6) is -0.238. The van der Waals surface area contributed by atoms with Crippen molar-refractivity contribution in [1.82, 2.24) is 4.98 Å². The van der Waals surface area contributed by atoms with Gasteiger partial charge in [0.05, 0.1) is 29.4 Å². The van der Waals surface area contributed by atoms with Gasteiger partial charge in [-0.2, -0.15) is 5.26 Å². The van der Waals surface area contributed by atoms with Crippen LogP contribution in [0.25, 0.3) is 10.9 Å². The number of anilines is 1. The average molecular weight is 359 g/mol. The molecule has 27 heavy (non-hydrogen) atoms. The lowest BCUT2D eigenvalue weighted by atomic mass is 9.93. The van der Waals surface area contributed by atoms with Crippen LogP contribution < -0.4 is 4.90 Å². The minimum atomic E-state index is -0.238. The fourth-order valence-electron chi connectivity index (χ4n) is 3.95. The maximum absolute atomic E-state index is 13.4. The second-order valence-electron chi connectivity index (χ2n) is 7.22. The van der Waals surface area contributed by atoms with Gasteiger partial charge in [-0.3, -0.25) is 4.98 Å². The zero-order chi connectivity index (χ0) is 18.6. The van der Waals surface area contributed by atoms with E-state index in [0.717, 1.165) is 22.3 Å². The van der Waals surface area contributed by atoms with E-state index >= 15 is 0 Å². The first kappa shape index (κ1) is 17.5. The predicted octanol–water partition coefficient (Wildman–Crippen LogP) is 5.58. The molecule has 0 bridgehead atoms. The third kappa shape index (κ3) is 3.93. The van der Waals surface area contributed by atoms with E-state index in [1.807, 2.05) is 36.4 Å². The largest absolute Gasteiger partial charge is 0.363 e. The highest BCUT2D eigenvalue weighted by atomic mass is 19.1. The van der Waals surface area contributed by atoms with Crippen LogP contribution in [0.15, 0.2) is 54.6 Å². The van der Waals surface area contributed by atoms with Crippen LogP contribution in [0.4, 0.5) is 10.1 Å². The molecule has 0 aliphatic heterocycles. The average Bonchev–Trinajstić information content (AvgIpc) is 2.73. The molecule has 0 N–H and O–H groups in total. The lowest BCUT2D eigenvalue weighted by molar-refractivity contribution is 0.412. The molecule has 4 heteroatoms. The van der Waals surface area contributed by atoms with Crippen molar-refractivity contribution in [3.8, 4) is 6.07 Å². The molecule has 0 amide bonds. The van der Waals surface area contributed by atoms with Gasteiger partial charge in [-0.05, 0) is 61.4 Å². The third-order valence-electron chi connectivity index (χ3n) is 5.38. The Morgan fingerprint density at radius 2 is 1.78 bits per heavy atom. The summed E-state index contributed by atoms with van der Waals surface area (Å²) in [6, 6.07) is 19.1. The topological polar surface area (TPSA) is 39.9 Å². The van der Waals surface area contributed by atoms with E-state index in [9.17, 15) is 4.39 Å². The number of hydrogen-bond donors (Lipinski definition) is 0. The van der Waals surface area contributed by atoms with E-state index in [2.05, 4.69) is 11.0 Å². The molecule has 1 aliphatic rings. The molecule has 1 heterocycles. The van der Waals surface area contributed by atoms with Gasteiger partial charge in [0.15, 0.2) is 0 Å². The summed E-state index contributed by atoms with van der Waals surface area (Å²) < 4.78 is 13.4. The molecule has 4 rings (SSSR count). The van der Waals surface area contributed by atoms with E-state index < -0.39 is 0 Å². The van der Waals surface area contributed by atoms with Crippen molar-refractivity contribution in [2.24, 2.45) is 0 Å². The Bertz CT molecular complexity index is 969. The molecular formula is C23H22FN3. The predicted molar refractivity (Wildman–Crippen MR) is 106 cm³/mol. The highest BCUT2D eigenvalue weighted by Crippen LogP contribution is 2.29. The smallest absolute Gasteiger partial charge is 0.123 e. The number of aromatic nitrogens is 1. The van der Waals surface area contributed by atoms with Gasteiger partial charge in [0.25, 0.3) is 0 Å². The number of nitriles is 1. The maximum atomic E-state index is 13.4. The van der Waals surface area contributed by atoms with Gasteiger partial charge in [0.2, 0.25) is 0 Å². The number of nitrogens with zero attached hydrogens (tertiary/aromatic N) is 3. The van der Waals surface area contributed by atoms with Gasteiger partial charge in [-0.25, -0.2) is 4.39 Å². The molecule has 136 valence electrons. The van der Waals surface area contributed by atoms with Crippen molar-refractivity contribution < 1.29 is 4.39 Å². The fourth-order valence-corrected chi connectivity index (χ4v) is 3.95. The first-order chi connectivity index (χ1) is 13.2. The monoisotopic (exact) mass is 359 g/mol. The van der Waals surface area contributed by atoms with Crippen molar-refractivity contribution in [2.45, 2.75) is 44.7 Å². The standard InChI is InChI=1S/C23H22FN3/c24-19-9-13-23-18(14-19)8-10-20(26-23)16-27(21-4-2-1-3-5-21)22-11-6-17(15-25)7-12-22/h6-14,21H,1-5,16H2. The molecule has 1 saturated carbocycles. The molecule has 0 saturated heterocycles. The van der Waals surface area contributed by atoms with Crippen LogP contribution in [0.5, 0.6) is 0 Å². The Kier molecular flexibility index (Phi) is 5.02. The van der Waals surface area contributed by atoms with Crippen molar-refractivity contribution in [3.63, 3.8) is 0 Å². The van der Waals surface area contributed by atoms with Gasteiger partial charge in [0.1, 0.15) is 5.82 Å². The highest BCUT2D eigenvalue weighted by Gasteiger charge is 2.22.